The molecule has 0 radical (unpaired) electrons. The molecule has 0 atom stereocenters. The number of hydrazone groups is 1. The van der Waals surface area contributed by atoms with E-state index in [1.54, 1.807) is 24.3 Å². The third-order valence-corrected chi connectivity index (χ3v) is 5.43. The number of hydrogen-bond acceptors (Lipinski definition) is 3. The average molecular weight is 392 g/mol. The standard InChI is InChI=1S/C14H14N2O2S.C6H4F.Na/c1-12-7-9-14(10-8-12)19(17,18)16-15-11-13-5-3-2-4-6-13;7-6-4-2-1-3-5-6;/h2-11,16H,1H3;2-5H;. The van der Waals surface area contributed by atoms with Gasteiger partial charge in [-0.3, -0.25) is 0 Å². The zero-order valence-corrected chi connectivity index (χ0v) is 17.9. The minimum absolute atomic E-state index is 0.149. The van der Waals surface area contributed by atoms with Crippen molar-refractivity contribution < 1.29 is 12.8 Å². The Bertz CT molecular complexity index is 954. The summed E-state index contributed by atoms with van der Waals surface area (Å²) in [5, 5.41) is 3.75. The molecular weight excluding hydrogens is 374 g/mol. The van der Waals surface area contributed by atoms with Crippen LogP contribution in [0.15, 0.2) is 88.9 Å². The Kier molecular flexibility index (Phi) is 8.19. The first-order chi connectivity index (χ1) is 12.9. The van der Waals surface area contributed by atoms with Crippen LogP contribution in [0.3, 0.4) is 0 Å². The van der Waals surface area contributed by atoms with Gasteiger partial charge in [-0.2, -0.15) is 13.5 Å². The molecule has 7 heteroatoms. The van der Waals surface area contributed by atoms with Crippen molar-refractivity contribution in [1.29, 1.82) is 0 Å². The van der Waals surface area contributed by atoms with Crippen molar-refractivity contribution in [2.75, 3.05) is 0 Å². The van der Waals surface area contributed by atoms with Gasteiger partial charge < -0.3 is 0 Å². The van der Waals surface area contributed by atoms with Crippen LogP contribution >= 0.6 is 0 Å². The van der Waals surface area contributed by atoms with Gasteiger partial charge in [0, 0.05) is 0 Å². The topological polar surface area (TPSA) is 58.5 Å². The summed E-state index contributed by atoms with van der Waals surface area (Å²) in [6.07, 6.45) is 1.46. The van der Waals surface area contributed by atoms with Crippen molar-refractivity contribution in [2.24, 2.45) is 5.10 Å². The van der Waals surface area contributed by atoms with E-state index in [1.165, 1.54) is 21.2 Å². The Morgan fingerprint density at radius 1 is 0.926 bits per heavy atom. The molecule has 0 spiro atoms. The van der Waals surface area contributed by atoms with Gasteiger partial charge in [-0.1, -0.05) is 48.0 Å². The quantitative estimate of drug-likeness (QED) is 0.422. The van der Waals surface area contributed by atoms with Crippen molar-refractivity contribution in [3.63, 3.8) is 0 Å². The van der Waals surface area contributed by atoms with Crippen LogP contribution in [0.25, 0.3) is 0 Å². The summed E-state index contributed by atoms with van der Waals surface area (Å²) < 4.78 is 37.1. The number of benzene rings is 3. The summed E-state index contributed by atoms with van der Waals surface area (Å²) in [6.45, 7) is 1.90. The van der Waals surface area contributed by atoms with E-state index in [0.717, 1.165) is 39.1 Å². The summed E-state index contributed by atoms with van der Waals surface area (Å²) in [5.74, 6) is -0.149. The number of nitrogens with one attached hydrogen (secondary N) is 1. The van der Waals surface area contributed by atoms with Crippen LogP contribution in [0.2, 0.25) is 0 Å². The second-order valence-electron chi connectivity index (χ2n) is 5.87. The fourth-order valence-corrected chi connectivity index (χ4v) is 3.14. The summed E-state index contributed by atoms with van der Waals surface area (Å²) in [4.78, 5) is 2.38. The molecule has 0 aliphatic heterocycles. The van der Waals surface area contributed by atoms with E-state index in [2.05, 4.69) is 9.93 Å². The molecule has 3 aromatic rings. The maximum atomic E-state index is 12.1. The van der Waals surface area contributed by atoms with E-state index >= 15 is 0 Å². The third kappa shape index (κ3) is 7.64. The Hall–Kier alpha value is -1.99. The van der Waals surface area contributed by atoms with E-state index in [1.807, 2.05) is 49.4 Å². The fraction of sp³-hybridized carbons (Fsp3) is 0.0500. The number of halogens is 1. The molecule has 0 saturated heterocycles. The van der Waals surface area contributed by atoms with Gasteiger partial charge in [-0.05, 0) is 24.6 Å². The van der Waals surface area contributed by atoms with Gasteiger partial charge in [-0.25, -0.2) is 4.83 Å². The van der Waals surface area contributed by atoms with Crippen molar-refractivity contribution in [1.82, 2.24) is 4.83 Å². The van der Waals surface area contributed by atoms with Crippen molar-refractivity contribution in [2.45, 2.75) is 11.8 Å². The molecule has 1 N–H and O–H groups in total. The first-order valence-corrected chi connectivity index (χ1v) is 10.7. The van der Waals surface area contributed by atoms with Crippen LogP contribution in [0.1, 0.15) is 11.1 Å². The van der Waals surface area contributed by atoms with Crippen LogP contribution in [-0.4, -0.2) is 42.6 Å². The molecule has 0 saturated carbocycles. The van der Waals surface area contributed by atoms with Gasteiger partial charge in [0.15, 0.2) is 0 Å². The molecule has 0 bridgehead atoms. The molecule has 0 aromatic heterocycles. The van der Waals surface area contributed by atoms with Crippen molar-refractivity contribution >= 4 is 47.0 Å². The number of aryl methyl sites for hydroxylation is 1. The zero-order valence-electron chi connectivity index (χ0n) is 15.1. The number of nitrogens with zero attached hydrogens (tertiary/aromatic N) is 1. The molecule has 3 aromatic carbocycles. The SMILES string of the molecule is Cc1ccc(S(=O)(=O)NN=Cc2ccccc2)cc1.Fc1cc[c]([Na])cc1. The summed E-state index contributed by atoms with van der Waals surface area (Å²) in [6, 6.07) is 22.5. The number of sulfonamides is 1. The van der Waals surface area contributed by atoms with E-state index < -0.39 is 10.0 Å². The molecule has 4 nitrogen and oxygen atoms in total. The van der Waals surface area contributed by atoms with Crippen LogP contribution in [-0.2, 0) is 10.0 Å². The predicted molar refractivity (Wildman–Crippen MR) is 107 cm³/mol. The molecule has 134 valence electrons. The summed E-state index contributed by atoms with van der Waals surface area (Å²) in [5.41, 5.74) is 1.83. The van der Waals surface area contributed by atoms with E-state index in [4.69, 9.17) is 0 Å². The molecule has 27 heavy (non-hydrogen) atoms. The average Bonchev–Trinajstić information content (AvgIpc) is 2.66. The first-order valence-electron chi connectivity index (χ1n) is 8.25. The minimum atomic E-state index is -3.60. The van der Waals surface area contributed by atoms with E-state index in [-0.39, 0.29) is 10.7 Å². The molecule has 0 aliphatic carbocycles. The summed E-state index contributed by atoms with van der Waals surface area (Å²) >= 11 is 1.00. The van der Waals surface area contributed by atoms with Gasteiger partial charge in [0.1, 0.15) is 0 Å². The number of rotatable bonds is 4. The molecule has 0 fully saturated rings. The van der Waals surface area contributed by atoms with E-state index in [0.29, 0.717) is 0 Å². The summed E-state index contributed by atoms with van der Waals surface area (Å²) in [7, 11) is -3.60. The number of hydrogen-bond donors (Lipinski definition) is 1. The Morgan fingerprint density at radius 2 is 1.52 bits per heavy atom. The molecule has 0 amide bonds. The Labute approximate surface area is 176 Å². The van der Waals surface area contributed by atoms with Gasteiger partial charge in [-0.15, -0.1) is 0 Å². The first kappa shape index (κ1) is 21.3. The van der Waals surface area contributed by atoms with Gasteiger partial charge >= 0.3 is 65.2 Å². The van der Waals surface area contributed by atoms with E-state index in [9.17, 15) is 12.8 Å². The monoisotopic (exact) mass is 392 g/mol. The van der Waals surface area contributed by atoms with Gasteiger partial charge in [0.25, 0.3) is 10.0 Å². The van der Waals surface area contributed by atoms with Gasteiger partial charge in [0.05, 0.1) is 11.1 Å². The third-order valence-electron chi connectivity index (χ3n) is 3.53. The van der Waals surface area contributed by atoms with Crippen molar-refractivity contribution in [3.8, 4) is 0 Å². The van der Waals surface area contributed by atoms with Crippen molar-refractivity contribution in [3.05, 3.63) is 95.8 Å². The fourth-order valence-electron chi connectivity index (χ4n) is 2.01. The Balaban J connectivity index is 0.000000273. The Morgan fingerprint density at radius 3 is 2.07 bits per heavy atom. The molecule has 0 aliphatic rings. The maximum absolute atomic E-state index is 12.1. The molecule has 3 rings (SSSR count). The van der Waals surface area contributed by atoms with Crippen LogP contribution < -0.4 is 7.64 Å². The predicted octanol–water partition coefficient (Wildman–Crippen LogP) is 2.93. The molecular formula is C20H18FN2NaO2S. The van der Waals surface area contributed by atoms with Crippen LogP contribution in [0, 0.1) is 12.7 Å². The van der Waals surface area contributed by atoms with Crippen LogP contribution in [0.4, 0.5) is 4.39 Å². The van der Waals surface area contributed by atoms with Crippen LogP contribution in [0.5, 0.6) is 0 Å². The second kappa shape index (κ2) is 10.4. The zero-order chi connectivity index (χ0) is 19.7. The molecule has 0 heterocycles. The normalized spacial score (nSPS) is 11.0. The molecule has 0 unspecified atom stereocenters. The second-order valence-corrected chi connectivity index (χ2v) is 8.69. The van der Waals surface area contributed by atoms with Gasteiger partial charge in [0.2, 0.25) is 0 Å².